The molecule has 3 aromatic rings. The van der Waals surface area contributed by atoms with E-state index in [1.807, 2.05) is 5.43 Å². The Hall–Kier alpha value is -2.65. The summed E-state index contributed by atoms with van der Waals surface area (Å²) in [6, 6.07) is 9.51. The van der Waals surface area contributed by atoms with E-state index in [9.17, 15) is 22.8 Å². The van der Waals surface area contributed by atoms with Gasteiger partial charge in [-0.15, -0.1) is 11.3 Å². The van der Waals surface area contributed by atoms with Gasteiger partial charge < -0.3 is 4.42 Å². The zero-order chi connectivity index (χ0) is 19.6. The molecule has 10 heteroatoms. The summed E-state index contributed by atoms with van der Waals surface area (Å²) in [6.45, 7) is 0. The second kappa shape index (κ2) is 7.53. The highest BCUT2D eigenvalue weighted by Gasteiger charge is 2.38. The molecule has 0 aliphatic carbocycles. The number of ketones is 1. The summed E-state index contributed by atoms with van der Waals surface area (Å²) in [6.07, 6.45) is -4.81. The summed E-state index contributed by atoms with van der Waals surface area (Å²) in [5, 5.41) is 3.85. The molecular weight excluding hydrogens is 405 g/mol. The van der Waals surface area contributed by atoms with Crippen molar-refractivity contribution < 1.29 is 27.2 Å². The number of furan rings is 1. The van der Waals surface area contributed by atoms with E-state index >= 15 is 0 Å². The first-order chi connectivity index (χ1) is 12.8. The predicted molar refractivity (Wildman–Crippen MR) is 95.4 cm³/mol. The second-order valence-electron chi connectivity index (χ2n) is 5.32. The Morgan fingerprint density at radius 1 is 1.19 bits per heavy atom. The molecule has 1 aromatic carbocycles. The number of amides is 1. The predicted octanol–water partition coefficient (Wildman–Crippen LogP) is 5.07. The number of Topliss-reactive ketones (excluding diaryl/α,β-unsaturated/α-hetero) is 1. The molecule has 5 nitrogen and oxygen atoms in total. The van der Waals surface area contributed by atoms with Crippen LogP contribution in [0.15, 0.2) is 52.2 Å². The van der Waals surface area contributed by atoms with Gasteiger partial charge in [0.25, 0.3) is 5.91 Å². The van der Waals surface area contributed by atoms with Gasteiger partial charge in [0, 0.05) is 10.1 Å². The first kappa shape index (κ1) is 19.1. The molecule has 0 aliphatic heterocycles. The summed E-state index contributed by atoms with van der Waals surface area (Å²) in [7, 11) is 0. The van der Waals surface area contributed by atoms with Gasteiger partial charge in [0.2, 0.25) is 5.78 Å². The number of carbonyl (C=O) groups excluding carboxylic acids is 2. The van der Waals surface area contributed by atoms with Gasteiger partial charge in [0.05, 0.1) is 17.7 Å². The summed E-state index contributed by atoms with van der Waals surface area (Å²) in [4.78, 5) is 24.1. The fourth-order valence-corrected chi connectivity index (χ4v) is 3.62. The molecule has 0 spiro atoms. The van der Waals surface area contributed by atoms with Crippen molar-refractivity contribution in [2.45, 2.75) is 12.6 Å². The number of nitrogens with one attached hydrogen (secondary N) is 1. The SMILES string of the molecule is O=C(CC(=NNC(=O)c1sc2ccccc2c1Cl)C(F)(F)F)c1ccco1. The lowest BCUT2D eigenvalue weighted by Gasteiger charge is -2.09. The average Bonchev–Trinajstić information content (AvgIpc) is 3.26. The Bertz CT molecular complexity index is 1030. The summed E-state index contributed by atoms with van der Waals surface area (Å²) >= 11 is 7.15. The van der Waals surface area contributed by atoms with Crippen LogP contribution >= 0.6 is 22.9 Å². The van der Waals surface area contributed by atoms with Gasteiger partial charge >= 0.3 is 6.18 Å². The maximum absolute atomic E-state index is 13.1. The van der Waals surface area contributed by atoms with E-state index < -0.39 is 30.0 Å². The summed E-state index contributed by atoms with van der Waals surface area (Å²) in [5.74, 6) is -2.04. The van der Waals surface area contributed by atoms with Gasteiger partial charge in [0.15, 0.2) is 5.76 Å². The quantitative estimate of drug-likeness (QED) is 0.360. The van der Waals surface area contributed by atoms with Crippen molar-refractivity contribution in [3.8, 4) is 0 Å². The summed E-state index contributed by atoms with van der Waals surface area (Å²) < 4.78 is 44.9. The smallest absolute Gasteiger partial charge is 0.431 e. The van der Waals surface area contributed by atoms with Gasteiger partial charge in [0.1, 0.15) is 10.6 Å². The van der Waals surface area contributed by atoms with Crippen LogP contribution in [-0.4, -0.2) is 23.6 Å². The van der Waals surface area contributed by atoms with E-state index in [0.717, 1.165) is 11.3 Å². The number of hydrazone groups is 1. The van der Waals surface area contributed by atoms with Gasteiger partial charge in [-0.05, 0) is 18.2 Å². The number of alkyl halides is 3. The van der Waals surface area contributed by atoms with E-state index in [-0.39, 0.29) is 15.7 Å². The number of halogens is 4. The minimum Gasteiger partial charge on any atom is -0.461 e. The van der Waals surface area contributed by atoms with Crippen LogP contribution in [0.1, 0.15) is 26.6 Å². The zero-order valence-corrected chi connectivity index (χ0v) is 14.9. The Labute approximate surface area is 159 Å². The van der Waals surface area contributed by atoms with Crippen molar-refractivity contribution in [3.05, 3.63) is 58.3 Å². The minimum atomic E-state index is -4.90. The normalized spacial score (nSPS) is 12.4. The fraction of sp³-hybridized carbons (Fsp3) is 0.118. The average molecular weight is 415 g/mol. The fourth-order valence-electron chi connectivity index (χ4n) is 2.21. The van der Waals surface area contributed by atoms with E-state index in [2.05, 4.69) is 5.10 Å². The topological polar surface area (TPSA) is 71.7 Å². The number of thiophene rings is 1. The molecule has 3 rings (SSSR count). The Morgan fingerprint density at radius 3 is 2.56 bits per heavy atom. The number of benzene rings is 1. The van der Waals surface area contributed by atoms with Crippen molar-refractivity contribution in [1.29, 1.82) is 0 Å². The molecule has 1 N–H and O–H groups in total. The Morgan fingerprint density at radius 2 is 1.93 bits per heavy atom. The highest BCUT2D eigenvalue weighted by molar-refractivity contribution is 7.21. The van der Waals surface area contributed by atoms with Gasteiger partial charge in [-0.1, -0.05) is 29.8 Å². The van der Waals surface area contributed by atoms with Crippen molar-refractivity contribution in [2.75, 3.05) is 0 Å². The van der Waals surface area contributed by atoms with E-state index in [4.69, 9.17) is 16.0 Å². The Balaban J connectivity index is 1.82. The van der Waals surface area contributed by atoms with E-state index in [0.29, 0.717) is 10.1 Å². The molecule has 1 amide bonds. The van der Waals surface area contributed by atoms with Crippen LogP contribution in [0.25, 0.3) is 10.1 Å². The highest BCUT2D eigenvalue weighted by Crippen LogP contribution is 2.35. The maximum atomic E-state index is 13.1. The molecule has 27 heavy (non-hydrogen) atoms. The number of hydrogen-bond acceptors (Lipinski definition) is 5. The summed E-state index contributed by atoms with van der Waals surface area (Å²) in [5.41, 5.74) is 0.381. The molecule has 0 saturated heterocycles. The van der Waals surface area contributed by atoms with Crippen molar-refractivity contribution >= 4 is 50.4 Å². The third kappa shape index (κ3) is 4.20. The standard InChI is InChI=1S/C17H10ClF3N2O3S/c18-14-9-4-1-2-6-12(9)27-15(14)16(25)23-22-13(17(19,20)21)8-10(24)11-5-3-7-26-11/h1-7H,8H2,(H,23,25). The Kier molecular flexibility index (Phi) is 5.33. The lowest BCUT2D eigenvalue weighted by atomic mass is 10.1. The molecule has 0 unspecified atom stereocenters. The van der Waals surface area contributed by atoms with Crippen LogP contribution in [0.5, 0.6) is 0 Å². The number of carbonyl (C=O) groups is 2. The van der Waals surface area contributed by atoms with Crippen molar-refractivity contribution in [1.82, 2.24) is 5.43 Å². The first-order valence-electron chi connectivity index (χ1n) is 7.45. The number of nitrogens with zero attached hydrogens (tertiary/aromatic N) is 1. The van der Waals surface area contributed by atoms with Crippen molar-refractivity contribution in [2.24, 2.45) is 5.10 Å². The van der Waals surface area contributed by atoms with Gasteiger partial charge in [-0.2, -0.15) is 18.3 Å². The molecule has 0 radical (unpaired) electrons. The van der Waals surface area contributed by atoms with Crippen LogP contribution in [0.4, 0.5) is 13.2 Å². The van der Waals surface area contributed by atoms with Crippen LogP contribution in [0.3, 0.4) is 0 Å². The highest BCUT2D eigenvalue weighted by atomic mass is 35.5. The molecule has 2 aromatic heterocycles. The molecular formula is C17H10ClF3N2O3S. The molecule has 0 saturated carbocycles. The third-order valence-electron chi connectivity index (χ3n) is 3.48. The lowest BCUT2D eigenvalue weighted by Crippen LogP contribution is -2.30. The molecule has 0 aliphatic rings. The number of rotatable bonds is 5. The minimum absolute atomic E-state index is 0.0282. The molecule has 140 valence electrons. The number of fused-ring (bicyclic) bond motifs is 1. The van der Waals surface area contributed by atoms with Crippen LogP contribution in [-0.2, 0) is 0 Å². The van der Waals surface area contributed by atoms with Crippen molar-refractivity contribution in [3.63, 3.8) is 0 Å². The van der Waals surface area contributed by atoms with Crippen LogP contribution < -0.4 is 5.43 Å². The molecule has 0 bridgehead atoms. The van der Waals surface area contributed by atoms with E-state index in [1.54, 1.807) is 24.3 Å². The first-order valence-corrected chi connectivity index (χ1v) is 8.64. The monoisotopic (exact) mass is 414 g/mol. The third-order valence-corrected chi connectivity index (χ3v) is 5.16. The van der Waals surface area contributed by atoms with Gasteiger partial charge in [-0.25, -0.2) is 5.43 Å². The van der Waals surface area contributed by atoms with Crippen LogP contribution in [0, 0.1) is 0 Å². The van der Waals surface area contributed by atoms with E-state index in [1.165, 1.54) is 18.4 Å². The molecule has 2 heterocycles. The second-order valence-corrected chi connectivity index (χ2v) is 6.75. The lowest BCUT2D eigenvalue weighted by molar-refractivity contribution is -0.0605. The largest absolute Gasteiger partial charge is 0.461 e. The molecule has 0 fully saturated rings. The van der Waals surface area contributed by atoms with Crippen LogP contribution in [0.2, 0.25) is 5.02 Å². The van der Waals surface area contributed by atoms with Gasteiger partial charge in [-0.3, -0.25) is 9.59 Å². The number of hydrogen-bond donors (Lipinski definition) is 1. The maximum Gasteiger partial charge on any atom is 0.431 e. The zero-order valence-electron chi connectivity index (χ0n) is 13.3. The molecule has 0 atom stereocenters.